The fourth-order valence-electron chi connectivity index (χ4n) is 4.95. The Hall–Kier alpha value is -2.48. The van der Waals surface area contributed by atoms with E-state index in [9.17, 15) is 4.79 Å². The van der Waals surface area contributed by atoms with Gasteiger partial charge in [0, 0.05) is 38.6 Å². The molecule has 1 amide bonds. The van der Waals surface area contributed by atoms with Crippen LogP contribution in [0.3, 0.4) is 0 Å². The summed E-state index contributed by atoms with van der Waals surface area (Å²) in [6.07, 6.45) is 9.43. The van der Waals surface area contributed by atoms with Crippen molar-refractivity contribution in [3.8, 4) is 0 Å². The number of piperidine rings is 1. The number of carbonyl (C=O) groups excluding carboxylic acids is 1. The molecule has 8 heteroatoms. The van der Waals surface area contributed by atoms with E-state index in [0.717, 1.165) is 57.1 Å². The van der Waals surface area contributed by atoms with Gasteiger partial charge >= 0.3 is 0 Å². The second-order valence-electron chi connectivity index (χ2n) is 8.69. The van der Waals surface area contributed by atoms with E-state index in [4.69, 9.17) is 0 Å². The van der Waals surface area contributed by atoms with Crippen molar-refractivity contribution in [1.82, 2.24) is 30.0 Å². The molecule has 1 saturated carbocycles. The van der Waals surface area contributed by atoms with Crippen LogP contribution in [0.25, 0.3) is 0 Å². The molecular weight excluding hydrogens is 366 g/mol. The Morgan fingerprint density at radius 3 is 2.69 bits per heavy atom. The smallest absolute Gasteiger partial charge is 0.275 e. The zero-order valence-corrected chi connectivity index (χ0v) is 17.0. The highest BCUT2D eigenvalue weighted by atomic mass is 16.2. The average molecular weight is 396 g/mol. The summed E-state index contributed by atoms with van der Waals surface area (Å²) >= 11 is 0. The van der Waals surface area contributed by atoms with Crippen molar-refractivity contribution in [2.75, 3.05) is 31.1 Å². The monoisotopic (exact) mass is 395 g/mol. The third kappa shape index (κ3) is 3.50. The molecule has 1 atom stereocenters. The van der Waals surface area contributed by atoms with Gasteiger partial charge in [-0.05, 0) is 62.7 Å². The molecule has 0 radical (unpaired) electrons. The topological polar surface area (TPSA) is 79.2 Å². The quantitative estimate of drug-likeness (QED) is 0.828. The van der Waals surface area contributed by atoms with E-state index in [1.165, 1.54) is 12.8 Å². The first kappa shape index (κ1) is 18.5. The number of rotatable bonds is 5. The summed E-state index contributed by atoms with van der Waals surface area (Å²) in [5.41, 5.74) is 0.688. The molecule has 1 N–H and O–H groups in total. The number of aromatic nitrogens is 4. The first-order valence-corrected chi connectivity index (χ1v) is 10.7. The molecule has 154 valence electrons. The van der Waals surface area contributed by atoms with Crippen LogP contribution in [0.5, 0.6) is 0 Å². The van der Waals surface area contributed by atoms with Crippen molar-refractivity contribution in [3.63, 3.8) is 0 Å². The van der Waals surface area contributed by atoms with Gasteiger partial charge in [0.25, 0.3) is 5.91 Å². The van der Waals surface area contributed by atoms with Crippen LogP contribution < -0.4 is 10.2 Å². The van der Waals surface area contributed by atoms with Gasteiger partial charge in [0.1, 0.15) is 5.82 Å². The molecule has 29 heavy (non-hydrogen) atoms. The van der Waals surface area contributed by atoms with Crippen LogP contribution in [0, 0.1) is 5.41 Å². The molecule has 2 aromatic rings. The second kappa shape index (κ2) is 7.40. The predicted molar refractivity (Wildman–Crippen MR) is 110 cm³/mol. The molecule has 3 fully saturated rings. The third-order valence-electron chi connectivity index (χ3n) is 6.92. The van der Waals surface area contributed by atoms with Gasteiger partial charge < -0.3 is 19.7 Å². The van der Waals surface area contributed by atoms with Gasteiger partial charge in [0.05, 0.1) is 6.54 Å². The van der Waals surface area contributed by atoms with Crippen LogP contribution in [-0.4, -0.2) is 62.8 Å². The van der Waals surface area contributed by atoms with E-state index < -0.39 is 0 Å². The molecule has 1 unspecified atom stereocenters. The summed E-state index contributed by atoms with van der Waals surface area (Å²) in [6.45, 7) is 4.62. The zero-order valence-electron chi connectivity index (χ0n) is 17.0. The van der Waals surface area contributed by atoms with Gasteiger partial charge in [-0.15, -0.1) is 10.2 Å². The number of aryl methyl sites for hydroxylation is 1. The number of anilines is 1. The molecular formula is C21H29N7O. The maximum atomic E-state index is 13.5. The lowest BCUT2D eigenvalue weighted by atomic mass is 9.93. The van der Waals surface area contributed by atoms with Crippen molar-refractivity contribution in [3.05, 3.63) is 36.0 Å². The Morgan fingerprint density at radius 1 is 1.24 bits per heavy atom. The van der Waals surface area contributed by atoms with E-state index in [0.29, 0.717) is 12.2 Å². The highest BCUT2D eigenvalue weighted by Crippen LogP contribution is 2.56. The summed E-state index contributed by atoms with van der Waals surface area (Å²) in [6, 6.07) is 4.04. The lowest BCUT2D eigenvalue weighted by Gasteiger charge is -2.29. The number of hydrogen-bond donors (Lipinski definition) is 1. The van der Waals surface area contributed by atoms with Crippen molar-refractivity contribution >= 4 is 11.7 Å². The molecule has 2 aliphatic heterocycles. The number of nitrogens with one attached hydrogen (secondary N) is 1. The molecule has 0 bridgehead atoms. The van der Waals surface area contributed by atoms with Crippen LogP contribution in [0.1, 0.15) is 48.4 Å². The maximum absolute atomic E-state index is 13.5. The van der Waals surface area contributed by atoms with Gasteiger partial charge in [-0.1, -0.05) is 0 Å². The van der Waals surface area contributed by atoms with E-state index >= 15 is 0 Å². The van der Waals surface area contributed by atoms with Crippen LogP contribution >= 0.6 is 0 Å². The number of carbonyl (C=O) groups is 1. The SMILES string of the molecule is Cn1ccnc1CN(C(=O)c1ccc(N2CCCC2)nn1)C1CC12CCNCC2. The first-order chi connectivity index (χ1) is 14.2. The highest BCUT2D eigenvalue weighted by molar-refractivity contribution is 5.92. The standard InChI is InChI=1S/C21H29N7O/c1-26-13-10-23-19(26)15-28(17-14-21(17)6-8-22-9-7-21)20(29)16-4-5-18(25-24-16)27-11-2-3-12-27/h4-5,10,13,17,22H,2-3,6-9,11-12,14-15H2,1H3. The van der Waals surface area contributed by atoms with Crippen molar-refractivity contribution < 1.29 is 4.79 Å². The van der Waals surface area contributed by atoms with Gasteiger partial charge in [0.15, 0.2) is 11.5 Å². The van der Waals surface area contributed by atoms with Crippen molar-refractivity contribution in [2.24, 2.45) is 12.5 Å². The normalized spacial score (nSPS) is 22.8. The lowest BCUT2D eigenvalue weighted by Crippen LogP contribution is -2.40. The van der Waals surface area contributed by atoms with Gasteiger partial charge in [0.2, 0.25) is 0 Å². The fourth-order valence-corrected chi connectivity index (χ4v) is 4.95. The summed E-state index contributed by atoms with van der Waals surface area (Å²) in [5, 5.41) is 12.1. The fraction of sp³-hybridized carbons (Fsp3) is 0.619. The lowest BCUT2D eigenvalue weighted by molar-refractivity contribution is 0.0678. The Balaban J connectivity index is 1.38. The molecule has 1 aliphatic carbocycles. The van der Waals surface area contributed by atoms with E-state index in [1.807, 2.05) is 34.8 Å². The van der Waals surface area contributed by atoms with Crippen LogP contribution in [0.4, 0.5) is 5.82 Å². The summed E-state index contributed by atoms with van der Waals surface area (Å²) < 4.78 is 1.99. The molecule has 0 aromatic carbocycles. The molecule has 5 rings (SSSR count). The minimum Gasteiger partial charge on any atom is -0.355 e. The summed E-state index contributed by atoms with van der Waals surface area (Å²) in [4.78, 5) is 22.2. The second-order valence-corrected chi connectivity index (χ2v) is 8.69. The van der Waals surface area contributed by atoms with Crippen molar-refractivity contribution in [2.45, 2.75) is 44.7 Å². The third-order valence-corrected chi connectivity index (χ3v) is 6.92. The van der Waals surface area contributed by atoms with Gasteiger partial charge in [-0.2, -0.15) is 0 Å². The first-order valence-electron chi connectivity index (χ1n) is 10.7. The number of amides is 1. The largest absolute Gasteiger partial charge is 0.355 e. The molecule has 8 nitrogen and oxygen atoms in total. The molecule has 4 heterocycles. The zero-order chi connectivity index (χ0) is 19.8. The molecule has 3 aliphatic rings. The van der Waals surface area contributed by atoms with E-state index in [-0.39, 0.29) is 17.4 Å². The molecule has 2 saturated heterocycles. The van der Waals surface area contributed by atoms with Crippen LogP contribution in [-0.2, 0) is 13.6 Å². The minimum atomic E-state index is -0.0334. The van der Waals surface area contributed by atoms with E-state index in [2.05, 4.69) is 25.4 Å². The summed E-state index contributed by atoms with van der Waals surface area (Å²) in [7, 11) is 1.98. The number of imidazole rings is 1. The highest BCUT2D eigenvalue weighted by Gasteiger charge is 2.58. The molecule has 1 spiro atoms. The Labute approximate surface area is 171 Å². The average Bonchev–Trinajstić information content (AvgIpc) is 3.11. The van der Waals surface area contributed by atoms with E-state index in [1.54, 1.807) is 6.20 Å². The van der Waals surface area contributed by atoms with Gasteiger partial charge in [-0.25, -0.2) is 4.98 Å². The van der Waals surface area contributed by atoms with Crippen LogP contribution in [0.15, 0.2) is 24.5 Å². The Kier molecular flexibility index (Phi) is 4.73. The van der Waals surface area contributed by atoms with Crippen molar-refractivity contribution in [1.29, 1.82) is 0 Å². The predicted octanol–water partition coefficient (Wildman–Crippen LogP) is 1.59. The summed E-state index contributed by atoms with van der Waals surface area (Å²) in [5.74, 6) is 1.74. The Morgan fingerprint density at radius 2 is 2.03 bits per heavy atom. The number of nitrogens with zero attached hydrogens (tertiary/aromatic N) is 6. The number of hydrogen-bond acceptors (Lipinski definition) is 6. The minimum absolute atomic E-state index is 0.0334. The Bertz CT molecular complexity index is 865. The van der Waals surface area contributed by atoms with Crippen LogP contribution in [0.2, 0.25) is 0 Å². The maximum Gasteiger partial charge on any atom is 0.275 e. The van der Waals surface area contributed by atoms with Gasteiger partial charge in [-0.3, -0.25) is 4.79 Å². The molecule has 2 aromatic heterocycles.